The summed E-state index contributed by atoms with van der Waals surface area (Å²) in [6, 6.07) is 16.8. The number of ether oxygens (including phenoxy) is 1. The number of hydrogen-bond acceptors (Lipinski definition) is 3. The van der Waals surface area contributed by atoms with E-state index in [-0.39, 0.29) is 11.9 Å². The fraction of sp³-hybridized carbons (Fsp3) is 0.458. The van der Waals surface area contributed by atoms with E-state index in [1.165, 1.54) is 24.0 Å². The number of rotatable bonds is 9. The van der Waals surface area contributed by atoms with Gasteiger partial charge in [0.15, 0.2) is 0 Å². The molecule has 1 amide bonds. The SMILES string of the molecule is CCCCCNC(=O)C1CCCN1Cc1ccc(-c2cccc(OC)c2)cc1. The zero-order valence-corrected chi connectivity index (χ0v) is 17.1. The molecule has 1 heterocycles. The molecular weight excluding hydrogens is 348 g/mol. The summed E-state index contributed by atoms with van der Waals surface area (Å²) in [6.07, 6.45) is 5.47. The van der Waals surface area contributed by atoms with Crippen LogP contribution < -0.4 is 10.1 Å². The van der Waals surface area contributed by atoms with Crippen LogP contribution in [0.4, 0.5) is 0 Å². The average Bonchev–Trinajstić information content (AvgIpc) is 3.20. The Bertz CT molecular complexity index is 757. The van der Waals surface area contributed by atoms with Gasteiger partial charge in [0.1, 0.15) is 5.75 Å². The van der Waals surface area contributed by atoms with Crippen molar-refractivity contribution in [2.75, 3.05) is 20.2 Å². The van der Waals surface area contributed by atoms with E-state index in [4.69, 9.17) is 4.74 Å². The molecule has 0 aliphatic carbocycles. The van der Waals surface area contributed by atoms with Crippen molar-refractivity contribution < 1.29 is 9.53 Å². The molecule has 3 rings (SSSR count). The number of carbonyl (C=O) groups excluding carboxylic acids is 1. The average molecular weight is 381 g/mol. The van der Waals surface area contributed by atoms with Crippen molar-refractivity contribution in [2.24, 2.45) is 0 Å². The molecule has 0 saturated carbocycles. The van der Waals surface area contributed by atoms with Gasteiger partial charge in [-0.15, -0.1) is 0 Å². The Labute approximate surface area is 168 Å². The monoisotopic (exact) mass is 380 g/mol. The highest BCUT2D eigenvalue weighted by atomic mass is 16.5. The van der Waals surface area contributed by atoms with Gasteiger partial charge in [-0.25, -0.2) is 0 Å². The fourth-order valence-electron chi connectivity index (χ4n) is 3.86. The molecule has 1 aliphatic rings. The molecular formula is C24H32N2O2. The Balaban J connectivity index is 1.59. The first-order chi connectivity index (χ1) is 13.7. The van der Waals surface area contributed by atoms with Crippen molar-refractivity contribution in [1.82, 2.24) is 10.2 Å². The van der Waals surface area contributed by atoms with E-state index in [1.54, 1.807) is 7.11 Å². The molecule has 1 aliphatic heterocycles. The Morgan fingerprint density at radius 2 is 1.96 bits per heavy atom. The van der Waals surface area contributed by atoms with Crippen LogP contribution in [0, 0.1) is 0 Å². The summed E-state index contributed by atoms with van der Waals surface area (Å²) in [5.74, 6) is 1.06. The van der Waals surface area contributed by atoms with Gasteiger partial charge >= 0.3 is 0 Å². The molecule has 2 aromatic rings. The largest absolute Gasteiger partial charge is 0.497 e. The predicted molar refractivity (Wildman–Crippen MR) is 114 cm³/mol. The molecule has 1 atom stereocenters. The number of benzene rings is 2. The van der Waals surface area contributed by atoms with E-state index < -0.39 is 0 Å². The molecule has 0 spiro atoms. The molecule has 28 heavy (non-hydrogen) atoms. The molecule has 1 saturated heterocycles. The van der Waals surface area contributed by atoms with Crippen LogP contribution >= 0.6 is 0 Å². The lowest BCUT2D eigenvalue weighted by Gasteiger charge is -2.24. The van der Waals surface area contributed by atoms with Crippen LogP contribution in [-0.2, 0) is 11.3 Å². The first-order valence-corrected chi connectivity index (χ1v) is 10.5. The normalized spacial score (nSPS) is 16.9. The number of carbonyl (C=O) groups is 1. The number of hydrogen-bond donors (Lipinski definition) is 1. The van der Waals surface area contributed by atoms with E-state index in [0.717, 1.165) is 50.2 Å². The van der Waals surface area contributed by atoms with E-state index in [9.17, 15) is 4.79 Å². The first-order valence-electron chi connectivity index (χ1n) is 10.5. The van der Waals surface area contributed by atoms with Crippen LogP contribution in [0.5, 0.6) is 5.75 Å². The molecule has 2 aromatic carbocycles. The zero-order chi connectivity index (χ0) is 19.8. The van der Waals surface area contributed by atoms with Gasteiger partial charge < -0.3 is 10.1 Å². The molecule has 0 bridgehead atoms. The smallest absolute Gasteiger partial charge is 0.237 e. The summed E-state index contributed by atoms with van der Waals surface area (Å²) in [7, 11) is 1.69. The van der Waals surface area contributed by atoms with Crippen molar-refractivity contribution in [1.29, 1.82) is 0 Å². The Kier molecular flexibility index (Phi) is 7.49. The number of unbranched alkanes of at least 4 members (excludes halogenated alkanes) is 2. The molecule has 1 unspecified atom stereocenters. The lowest BCUT2D eigenvalue weighted by molar-refractivity contribution is -0.125. The van der Waals surface area contributed by atoms with Crippen molar-refractivity contribution in [2.45, 2.75) is 51.6 Å². The summed E-state index contributed by atoms with van der Waals surface area (Å²) >= 11 is 0. The molecule has 0 aromatic heterocycles. The third-order valence-electron chi connectivity index (χ3n) is 5.49. The Hall–Kier alpha value is -2.33. The summed E-state index contributed by atoms with van der Waals surface area (Å²) in [5, 5.41) is 3.12. The molecule has 4 heteroatoms. The Morgan fingerprint density at radius 3 is 2.71 bits per heavy atom. The maximum Gasteiger partial charge on any atom is 0.237 e. The maximum atomic E-state index is 12.5. The van der Waals surface area contributed by atoms with Gasteiger partial charge in [-0.05, 0) is 54.6 Å². The second-order valence-electron chi connectivity index (χ2n) is 7.56. The van der Waals surface area contributed by atoms with Crippen LogP contribution in [0.3, 0.4) is 0 Å². The topological polar surface area (TPSA) is 41.6 Å². The van der Waals surface area contributed by atoms with Crippen molar-refractivity contribution in [3.05, 3.63) is 54.1 Å². The third kappa shape index (κ3) is 5.35. The van der Waals surface area contributed by atoms with Gasteiger partial charge in [0.2, 0.25) is 5.91 Å². The second-order valence-corrected chi connectivity index (χ2v) is 7.56. The lowest BCUT2D eigenvalue weighted by atomic mass is 10.0. The zero-order valence-electron chi connectivity index (χ0n) is 17.1. The number of amides is 1. The summed E-state index contributed by atoms with van der Waals surface area (Å²) in [5.41, 5.74) is 3.57. The highest BCUT2D eigenvalue weighted by molar-refractivity contribution is 5.82. The van der Waals surface area contributed by atoms with Crippen molar-refractivity contribution in [3.8, 4) is 16.9 Å². The molecule has 1 fully saturated rings. The van der Waals surface area contributed by atoms with Crippen molar-refractivity contribution in [3.63, 3.8) is 0 Å². The lowest BCUT2D eigenvalue weighted by Crippen LogP contribution is -2.43. The van der Waals surface area contributed by atoms with Gasteiger partial charge in [-0.3, -0.25) is 9.69 Å². The third-order valence-corrected chi connectivity index (χ3v) is 5.49. The Morgan fingerprint density at radius 1 is 1.14 bits per heavy atom. The van der Waals surface area contributed by atoms with Gasteiger partial charge in [-0.2, -0.15) is 0 Å². The number of likely N-dealkylation sites (tertiary alicyclic amines) is 1. The van der Waals surface area contributed by atoms with Crippen LogP contribution in [-0.4, -0.2) is 37.0 Å². The van der Waals surface area contributed by atoms with Crippen molar-refractivity contribution >= 4 is 5.91 Å². The number of nitrogens with one attached hydrogen (secondary N) is 1. The quantitative estimate of drug-likeness (QED) is 0.645. The summed E-state index contributed by atoms with van der Waals surface area (Å²) < 4.78 is 5.32. The summed E-state index contributed by atoms with van der Waals surface area (Å²) in [4.78, 5) is 14.9. The van der Waals surface area contributed by atoms with Crippen LogP contribution in [0.25, 0.3) is 11.1 Å². The number of methoxy groups -OCH3 is 1. The molecule has 4 nitrogen and oxygen atoms in total. The predicted octanol–water partition coefficient (Wildman–Crippen LogP) is 4.63. The minimum absolute atomic E-state index is 0.0136. The molecule has 0 radical (unpaired) electrons. The van der Waals surface area contributed by atoms with E-state index in [2.05, 4.69) is 47.5 Å². The standard InChI is InChI=1S/C24H32N2O2/c1-3-4-5-15-25-24(27)23-10-7-16-26(23)18-19-11-13-20(14-12-19)21-8-6-9-22(17-21)28-2/h6,8-9,11-14,17,23H,3-5,7,10,15-16,18H2,1-2H3,(H,25,27). The van der Waals surface area contributed by atoms with Gasteiger partial charge in [-0.1, -0.05) is 56.2 Å². The van der Waals surface area contributed by atoms with Gasteiger partial charge in [0.25, 0.3) is 0 Å². The molecule has 150 valence electrons. The van der Waals surface area contributed by atoms with Crippen LogP contribution in [0.1, 0.15) is 44.6 Å². The minimum atomic E-state index is 0.0136. The van der Waals surface area contributed by atoms with Gasteiger partial charge in [0.05, 0.1) is 13.2 Å². The van der Waals surface area contributed by atoms with E-state index in [1.807, 2.05) is 18.2 Å². The van der Waals surface area contributed by atoms with Crippen LogP contribution in [0.15, 0.2) is 48.5 Å². The minimum Gasteiger partial charge on any atom is -0.497 e. The fourth-order valence-corrected chi connectivity index (χ4v) is 3.86. The van der Waals surface area contributed by atoms with E-state index in [0.29, 0.717) is 0 Å². The molecule has 1 N–H and O–H groups in total. The highest BCUT2D eigenvalue weighted by Gasteiger charge is 2.30. The van der Waals surface area contributed by atoms with E-state index >= 15 is 0 Å². The van der Waals surface area contributed by atoms with Crippen LogP contribution in [0.2, 0.25) is 0 Å². The maximum absolute atomic E-state index is 12.5. The first kappa shape index (κ1) is 20.4. The second kappa shape index (κ2) is 10.3. The summed E-state index contributed by atoms with van der Waals surface area (Å²) in [6.45, 7) is 4.79. The van der Waals surface area contributed by atoms with Gasteiger partial charge in [0, 0.05) is 13.1 Å². The highest BCUT2D eigenvalue weighted by Crippen LogP contribution is 2.25. The number of nitrogens with zero attached hydrogens (tertiary/aromatic N) is 1.